The molecule has 2 atom stereocenters. The number of nitrogens with zero attached hydrogens (tertiary/aromatic N) is 4. The molecular formula is C22H37N5O2. The average molecular weight is 404 g/mol. The van der Waals surface area contributed by atoms with Crippen LogP contribution in [-0.4, -0.2) is 32.2 Å². The first-order valence-corrected chi connectivity index (χ1v) is 11.4. The van der Waals surface area contributed by atoms with Gasteiger partial charge in [-0.3, -0.25) is 14.3 Å². The van der Waals surface area contributed by atoms with Crippen LogP contribution in [0.5, 0.6) is 0 Å². The third-order valence-corrected chi connectivity index (χ3v) is 6.12. The van der Waals surface area contributed by atoms with Gasteiger partial charge in [-0.05, 0) is 24.7 Å². The molecule has 2 aromatic heterocycles. The van der Waals surface area contributed by atoms with Gasteiger partial charge in [0.1, 0.15) is 0 Å². The standard InChI is InChI=1S/C22H37N5O2/c1-5-6-7-8-9-10-11-12-27-18-19(25(4)22(29)24-20(18)28)23-21(27)26-14-16(2)13-17(3)15-26/h16-17H,5-15H2,1-4H3,(H,24,28,29)/t16-,17+. The number of nitrogens with one attached hydrogen (secondary N) is 1. The summed E-state index contributed by atoms with van der Waals surface area (Å²) in [6.07, 6.45) is 9.78. The third kappa shape index (κ3) is 4.93. The molecule has 3 heterocycles. The van der Waals surface area contributed by atoms with Gasteiger partial charge in [-0.15, -0.1) is 0 Å². The predicted molar refractivity (Wildman–Crippen MR) is 119 cm³/mol. The molecule has 0 unspecified atom stereocenters. The van der Waals surface area contributed by atoms with E-state index in [2.05, 4.69) is 35.2 Å². The average Bonchev–Trinajstić information content (AvgIpc) is 3.05. The Kier molecular flexibility index (Phi) is 7.19. The smallest absolute Gasteiger partial charge is 0.329 e. The second-order valence-corrected chi connectivity index (χ2v) is 9.03. The first kappa shape index (κ1) is 21.7. The Bertz CT molecular complexity index is 916. The van der Waals surface area contributed by atoms with Gasteiger partial charge in [0.2, 0.25) is 5.95 Å². The summed E-state index contributed by atoms with van der Waals surface area (Å²) in [5, 5.41) is 0. The lowest BCUT2D eigenvalue weighted by Gasteiger charge is -2.35. The Labute approximate surface area is 173 Å². The summed E-state index contributed by atoms with van der Waals surface area (Å²) >= 11 is 0. The van der Waals surface area contributed by atoms with Crippen molar-refractivity contribution in [2.75, 3.05) is 18.0 Å². The van der Waals surface area contributed by atoms with Crippen LogP contribution in [-0.2, 0) is 13.6 Å². The van der Waals surface area contributed by atoms with E-state index >= 15 is 0 Å². The van der Waals surface area contributed by atoms with Gasteiger partial charge in [-0.1, -0.05) is 59.3 Å². The van der Waals surface area contributed by atoms with Gasteiger partial charge in [0.25, 0.3) is 5.56 Å². The minimum absolute atomic E-state index is 0.331. The lowest BCUT2D eigenvalue weighted by atomic mass is 9.92. The molecule has 0 amide bonds. The first-order chi connectivity index (χ1) is 13.9. The Morgan fingerprint density at radius 2 is 1.62 bits per heavy atom. The quantitative estimate of drug-likeness (QED) is 0.648. The van der Waals surface area contributed by atoms with Crippen LogP contribution in [0.2, 0.25) is 0 Å². The Hall–Kier alpha value is -2.05. The number of fused-ring (bicyclic) bond motifs is 1. The zero-order chi connectivity index (χ0) is 21.0. The fourth-order valence-corrected chi connectivity index (χ4v) is 4.73. The van der Waals surface area contributed by atoms with Crippen LogP contribution in [0.15, 0.2) is 9.59 Å². The summed E-state index contributed by atoms with van der Waals surface area (Å²) < 4.78 is 3.52. The monoisotopic (exact) mass is 403 g/mol. The van der Waals surface area contributed by atoms with Crippen LogP contribution in [0.1, 0.15) is 72.1 Å². The van der Waals surface area contributed by atoms with E-state index in [1.807, 2.05) is 0 Å². The van der Waals surface area contributed by atoms with Crippen molar-refractivity contribution in [3.8, 4) is 0 Å². The van der Waals surface area contributed by atoms with E-state index < -0.39 is 5.69 Å². The minimum atomic E-state index is -0.407. The van der Waals surface area contributed by atoms with Crippen molar-refractivity contribution in [2.24, 2.45) is 18.9 Å². The van der Waals surface area contributed by atoms with Crippen molar-refractivity contribution < 1.29 is 0 Å². The zero-order valence-corrected chi connectivity index (χ0v) is 18.5. The fourth-order valence-electron chi connectivity index (χ4n) is 4.73. The summed E-state index contributed by atoms with van der Waals surface area (Å²) in [5.41, 5.74) is 0.277. The Morgan fingerprint density at radius 3 is 2.28 bits per heavy atom. The molecule has 0 aliphatic carbocycles. The normalized spacial score (nSPS) is 19.9. The number of hydrogen-bond acceptors (Lipinski definition) is 4. The summed E-state index contributed by atoms with van der Waals surface area (Å²) in [4.78, 5) is 34.3. The van der Waals surface area contributed by atoms with Crippen molar-refractivity contribution in [1.29, 1.82) is 0 Å². The lowest BCUT2D eigenvalue weighted by molar-refractivity contribution is 0.351. The highest BCUT2D eigenvalue weighted by Crippen LogP contribution is 2.28. The highest BCUT2D eigenvalue weighted by Gasteiger charge is 2.27. The lowest BCUT2D eigenvalue weighted by Crippen LogP contribution is -2.40. The molecule has 29 heavy (non-hydrogen) atoms. The molecular weight excluding hydrogens is 366 g/mol. The number of rotatable bonds is 9. The zero-order valence-electron chi connectivity index (χ0n) is 18.5. The van der Waals surface area contributed by atoms with Gasteiger partial charge in [0, 0.05) is 26.7 Å². The van der Waals surface area contributed by atoms with Gasteiger partial charge in [-0.25, -0.2) is 4.79 Å². The molecule has 7 nitrogen and oxygen atoms in total. The van der Waals surface area contributed by atoms with E-state index in [4.69, 9.17) is 4.98 Å². The Balaban J connectivity index is 1.87. The molecule has 2 aromatic rings. The summed E-state index contributed by atoms with van der Waals surface area (Å²) in [6, 6.07) is 0. The summed E-state index contributed by atoms with van der Waals surface area (Å²) in [7, 11) is 1.68. The predicted octanol–water partition coefficient (Wildman–Crippen LogP) is 3.66. The first-order valence-electron chi connectivity index (χ1n) is 11.4. The molecule has 1 N–H and O–H groups in total. The van der Waals surface area contributed by atoms with Crippen LogP contribution < -0.4 is 16.1 Å². The van der Waals surface area contributed by atoms with E-state index in [0.29, 0.717) is 23.0 Å². The van der Waals surface area contributed by atoms with E-state index in [1.165, 1.54) is 43.1 Å². The Morgan fingerprint density at radius 1 is 1.00 bits per heavy atom. The van der Waals surface area contributed by atoms with Crippen LogP contribution in [0.25, 0.3) is 11.2 Å². The van der Waals surface area contributed by atoms with E-state index in [-0.39, 0.29) is 5.56 Å². The van der Waals surface area contributed by atoms with E-state index in [0.717, 1.165) is 38.4 Å². The minimum Gasteiger partial charge on any atom is -0.342 e. The number of aryl methyl sites for hydroxylation is 2. The molecule has 0 aromatic carbocycles. The van der Waals surface area contributed by atoms with Gasteiger partial charge >= 0.3 is 5.69 Å². The number of piperidine rings is 1. The van der Waals surface area contributed by atoms with Crippen molar-refractivity contribution in [3.05, 3.63) is 20.8 Å². The molecule has 1 fully saturated rings. The molecule has 162 valence electrons. The highest BCUT2D eigenvalue weighted by atomic mass is 16.2. The van der Waals surface area contributed by atoms with Crippen LogP contribution >= 0.6 is 0 Å². The van der Waals surface area contributed by atoms with Gasteiger partial charge in [0.15, 0.2) is 11.2 Å². The SMILES string of the molecule is CCCCCCCCCn1c(N2C[C@H](C)C[C@H](C)C2)nc2c1c(=O)[nH]c(=O)n2C. The third-order valence-electron chi connectivity index (χ3n) is 6.12. The molecule has 0 spiro atoms. The summed E-state index contributed by atoms with van der Waals surface area (Å²) in [6.45, 7) is 9.43. The van der Waals surface area contributed by atoms with E-state index in [1.54, 1.807) is 7.05 Å². The van der Waals surface area contributed by atoms with Crippen molar-refractivity contribution in [3.63, 3.8) is 0 Å². The molecule has 1 aliphatic rings. The molecule has 1 aliphatic heterocycles. The maximum Gasteiger partial charge on any atom is 0.329 e. The molecule has 3 rings (SSSR count). The van der Waals surface area contributed by atoms with Crippen molar-refractivity contribution in [1.82, 2.24) is 19.1 Å². The van der Waals surface area contributed by atoms with E-state index in [9.17, 15) is 9.59 Å². The molecule has 0 bridgehead atoms. The van der Waals surface area contributed by atoms with Crippen LogP contribution in [0.4, 0.5) is 5.95 Å². The van der Waals surface area contributed by atoms with Crippen LogP contribution in [0, 0.1) is 11.8 Å². The number of unbranched alkanes of at least 4 members (excludes halogenated alkanes) is 6. The number of hydrogen-bond donors (Lipinski definition) is 1. The number of H-pyrrole nitrogens is 1. The van der Waals surface area contributed by atoms with Gasteiger partial charge in [0.05, 0.1) is 0 Å². The largest absolute Gasteiger partial charge is 0.342 e. The molecule has 0 radical (unpaired) electrons. The molecule has 7 heteroatoms. The summed E-state index contributed by atoms with van der Waals surface area (Å²) in [5.74, 6) is 2.02. The van der Waals surface area contributed by atoms with Gasteiger partial charge in [-0.2, -0.15) is 4.98 Å². The van der Waals surface area contributed by atoms with Crippen molar-refractivity contribution >= 4 is 17.1 Å². The second kappa shape index (κ2) is 9.63. The van der Waals surface area contributed by atoms with Crippen LogP contribution in [0.3, 0.4) is 0 Å². The fraction of sp³-hybridized carbons (Fsp3) is 0.773. The van der Waals surface area contributed by atoms with Gasteiger partial charge < -0.3 is 9.47 Å². The number of aromatic nitrogens is 4. The molecule has 1 saturated heterocycles. The maximum atomic E-state index is 12.7. The number of imidazole rings is 1. The second-order valence-electron chi connectivity index (χ2n) is 9.03. The van der Waals surface area contributed by atoms with Crippen molar-refractivity contribution in [2.45, 2.75) is 78.7 Å². The maximum absolute atomic E-state index is 12.7. The topological polar surface area (TPSA) is 75.9 Å². The number of anilines is 1. The number of aromatic amines is 1. The highest BCUT2D eigenvalue weighted by molar-refractivity contribution is 5.74. The molecule has 0 saturated carbocycles.